The van der Waals surface area contributed by atoms with E-state index in [-0.39, 0.29) is 0 Å². The second-order valence-electron chi connectivity index (χ2n) is 6.10. The minimum absolute atomic E-state index is 0.299. The average molecular weight is 269 g/mol. The van der Waals surface area contributed by atoms with E-state index in [1.807, 2.05) is 6.92 Å². The first kappa shape index (κ1) is 14.8. The molecule has 2 rings (SSSR count). The van der Waals surface area contributed by atoms with E-state index >= 15 is 0 Å². The Balaban J connectivity index is 1.95. The molecule has 0 spiro atoms. The first-order chi connectivity index (χ1) is 9.16. The molecule has 0 aromatic carbocycles. The Bertz CT molecular complexity index is 298. The van der Waals surface area contributed by atoms with Crippen molar-refractivity contribution >= 4 is 5.97 Å². The fourth-order valence-electron chi connectivity index (χ4n) is 3.62. The van der Waals surface area contributed by atoms with Gasteiger partial charge in [-0.05, 0) is 39.2 Å². The molecule has 0 bridgehead atoms. The Labute approximate surface area is 116 Å². The normalized spacial score (nSPS) is 28.2. The van der Waals surface area contributed by atoms with Crippen molar-refractivity contribution in [3.8, 4) is 0 Å². The predicted molar refractivity (Wildman–Crippen MR) is 74.2 cm³/mol. The van der Waals surface area contributed by atoms with Crippen molar-refractivity contribution in [1.29, 1.82) is 0 Å². The summed E-state index contributed by atoms with van der Waals surface area (Å²) >= 11 is 0. The number of likely N-dealkylation sites (tertiary alicyclic amines) is 1. The Morgan fingerprint density at radius 1 is 1.32 bits per heavy atom. The van der Waals surface area contributed by atoms with Crippen LogP contribution in [0.2, 0.25) is 0 Å². The molecule has 0 aromatic heterocycles. The lowest BCUT2D eigenvalue weighted by Gasteiger charge is -2.40. The summed E-state index contributed by atoms with van der Waals surface area (Å²) in [6.45, 7) is 5.43. The molecule has 1 aliphatic heterocycles. The van der Waals surface area contributed by atoms with Gasteiger partial charge in [0.25, 0.3) is 0 Å². The molecule has 1 heterocycles. The average Bonchev–Trinajstić information content (AvgIpc) is 2.40. The standard InChI is InChI=1S/C15H27NO3/c1-2-19-13-7-6-10-16(11-13)12-15(14(17)18)8-4-3-5-9-15/h13H,2-12H2,1H3,(H,17,18). The van der Waals surface area contributed by atoms with Gasteiger partial charge in [0.15, 0.2) is 0 Å². The van der Waals surface area contributed by atoms with Crippen LogP contribution in [0.15, 0.2) is 0 Å². The number of aliphatic carboxylic acids is 1. The van der Waals surface area contributed by atoms with Crippen LogP contribution in [0.25, 0.3) is 0 Å². The van der Waals surface area contributed by atoms with E-state index < -0.39 is 11.4 Å². The van der Waals surface area contributed by atoms with Gasteiger partial charge in [-0.1, -0.05) is 19.3 Å². The first-order valence-corrected chi connectivity index (χ1v) is 7.74. The molecular formula is C15H27NO3. The van der Waals surface area contributed by atoms with Crippen molar-refractivity contribution in [2.45, 2.75) is 58.0 Å². The van der Waals surface area contributed by atoms with Crippen LogP contribution in [0, 0.1) is 5.41 Å². The maximum absolute atomic E-state index is 11.7. The van der Waals surface area contributed by atoms with E-state index in [0.29, 0.717) is 12.6 Å². The van der Waals surface area contributed by atoms with Crippen LogP contribution < -0.4 is 0 Å². The summed E-state index contributed by atoms with van der Waals surface area (Å²) in [6, 6.07) is 0. The van der Waals surface area contributed by atoms with Crippen molar-refractivity contribution < 1.29 is 14.6 Å². The molecule has 110 valence electrons. The molecule has 0 aromatic rings. The van der Waals surface area contributed by atoms with Crippen molar-refractivity contribution in [2.24, 2.45) is 5.41 Å². The largest absolute Gasteiger partial charge is 0.481 e. The van der Waals surface area contributed by atoms with Gasteiger partial charge in [-0.15, -0.1) is 0 Å². The lowest BCUT2D eigenvalue weighted by Crippen LogP contribution is -2.49. The lowest BCUT2D eigenvalue weighted by molar-refractivity contribution is -0.153. The maximum atomic E-state index is 11.7. The number of piperidine rings is 1. The maximum Gasteiger partial charge on any atom is 0.310 e. The second kappa shape index (κ2) is 6.71. The number of rotatable bonds is 5. The molecular weight excluding hydrogens is 242 g/mol. The van der Waals surface area contributed by atoms with Gasteiger partial charge in [-0.2, -0.15) is 0 Å². The number of nitrogens with zero attached hydrogens (tertiary/aromatic N) is 1. The van der Waals surface area contributed by atoms with Gasteiger partial charge in [-0.25, -0.2) is 0 Å². The number of hydrogen-bond acceptors (Lipinski definition) is 3. The Hall–Kier alpha value is -0.610. The molecule has 1 N–H and O–H groups in total. The minimum atomic E-state index is -0.592. The SMILES string of the molecule is CCOC1CCCN(CC2(C(=O)O)CCCCC2)C1. The third-order valence-corrected chi connectivity index (χ3v) is 4.66. The van der Waals surface area contributed by atoms with Gasteiger partial charge in [-0.3, -0.25) is 9.69 Å². The highest BCUT2D eigenvalue weighted by Gasteiger charge is 2.41. The zero-order valence-corrected chi connectivity index (χ0v) is 12.1. The highest BCUT2D eigenvalue weighted by molar-refractivity contribution is 5.75. The van der Waals surface area contributed by atoms with Crippen LogP contribution in [0.1, 0.15) is 51.9 Å². The van der Waals surface area contributed by atoms with Crippen LogP contribution in [-0.4, -0.2) is 48.3 Å². The Morgan fingerprint density at radius 2 is 2.05 bits per heavy atom. The summed E-state index contributed by atoms with van der Waals surface area (Å²) in [4.78, 5) is 14.0. The number of carboxylic acid groups (broad SMARTS) is 1. The van der Waals surface area contributed by atoms with Gasteiger partial charge >= 0.3 is 5.97 Å². The summed E-state index contributed by atoms with van der Waals surface area (Å²) in [6.07, 6.45) is 7.55. The minimum Gasteiger partial charge on any atom is -0.481 e. The molecule has 1 saturated carbocycles. The highest BCUT2D eigenvalue weighted by atomic mass is 16.5. The van der Waals surface area contributed by atoms with Gasteiger partial charge in [0.2, 0.25) is 0 Å². The Kier molecular flexibility index (Phi) is 5.22. The molecule has 1 atom stereocenters. The summed E-state index contributed by atoms with van der Waals surface area (Å²) in [5.41, 5.74) is -0.494. The zero-order valence-electron chi connectivity index (χ0n) is 12.1. The van der Waals surface area contributed by atoms with Gasteiger partial charge in [0, 0.05) is 19.7 Å². The summed E-state index contributed by atoms with van der Waals surface area (Å²) in [7, 11) is 0. The van der Waals surface area contributed by atoms with Gasteiger partial charge < -0.3 is 9.84 Å². The first-order valence-electron chi connectivity index (χ1n) is 7.74. The monoisotopic (exact) mass is 269 g/mol. The van der Waals surface area contributed by atoms with Crippen molar-refractivity contribution in [1.82, 2.24) is 4.90 Å². The van der Waals surface area contributed by atoms with E-state index in [1.165, 1.54) is 6.42 Å². The number of ether oxygens (including phenoxy) is 1. The van der Waals surface area contributed by atoms with Gasteiger partial charge in [0.1, 0.15) is 0 Å². The molecule has 4 nitrogen and oxygen atoms in total. The van der Waals surface area contributed by atoms with Gasteiger partial charge in [0.05, 0.1) is 11.5 Å². The van der Waals surface area contributed by atoms with E-state index in [1.54, 1.807) is 0 Å². The number of carboxylic acids is 1. The van der Waals surface area contributed by atoms with E-state index in [0.717, 1.165) is 58.2 Å². The molecule has 19 heavy (non-hydrogen) atoms. The molecule has 0 radical (unpaired) electrons. The number of hydrogen-bond donors (Lipinski definition) is 1. The summed E-state index contributed by atoms with van der Waals surface area (Å²) in [5.74, 6) is -0.592. The fourth-order valence-corrected chi connectivity index (χ4v) is 3.62. The number of carbonyl (C=O) groups is 1. The van der Waals surface area contributed by atoms with E-state index in [2.05, 4.69) is 4.90 Å². The van der Waals surface area contributed by atoms with Crippen LogP contribution in [0.3, 0.4) is 0 Å². The van der Waals surface area contributed by atoms with Crippen LogP contribution in [0.5, 0.6) is 0 Å². The van der Waals surface area contributed by atoms with E-state index in [9.17, 15) is 9.90 Å². The molecule has 2 aliphatic rings. The van der Waals surface area contributed by atoms with E-state index in [4.69, 9.17) is 4.74 Å². The van der Waals surface area contributed by atoms with Crippen molar-refractivity contribution in [3.05, 3.63) is 0 Å². The molecule has 4 heteroatoms. The van der Waals surface area contributed by atoms with Crippen LogP contribution >= 0.6 is 0 Å². The molecule has 1 saturated heterocycles. The summed E-state index contributed by atoms with van der Waals surface area (Å²) in [5, 5.41) is 9.63. The molecule has 2 fully saturated rings. The van der Waals surface area contributed by atoms with Crippen LogP contribution in [0.4, 0.5) is 0 Å². The molecule has 1 unspecified atom stereocenters. The van der Waals surface area contributed by atoms with Crippen molar-refractivity contribution in [2.75, 3.05) is 26.2 Å². The summed E-state index contributed by atoms with van der Waals surface area (Å²) < 4.78 is 5.71. The fraction of sp³-hybridized carbons (Fsp3) is 0.933. The quantitative estimate of drug-likeness (QED) is 0.833. The third kappa shape index (κ3) is 3.69. The molecule has 0 amide bonds. The third-order valence-electron chi connectivity index (χ3n) is 4.66. The predicted octanol–water partition coefficient (Wildman–Crippen LogP) is 2.52. The second-order valence-corrected chi connectivity index (χ2v) is 6.10. The van der Waals surface area contributed by atoms with Crippen LogP contribution in [-0.2, 0) is 9.53 Å². The smallest absolute Gasteiger partial charge is 0.310 e. The molecule has 1 aliphatic carbocycles. The zero-order chi connectivity index (χ0) is 13.7. The highest BCUT2D eigenvalue weighted by Crippen LogP contribution is 2.38. The lowest BCUT2D eigenvalue weighted by atomic mass is 9.73. The van der Waals surface area contributed by atoms with Crippen molar-refractivity contribution in [3.63, 3.8) is 0 Å². The topological polar surface area (TPSA) is 49.8 Å². The Morgan fingerprint density at radius 3 is 2.68 bits per heavy atom.